The zero-order valence-electron chi connectivity index (χ0n) is 21.1. The number of para-hydroxylation sites is 1. The number of halogens is 1. The molecular formula is C31H20ClN3O6. The number of carboxylic acid groups (broad SMARTS) is 2. The molecule has 0 saturated carbocycles. The molecule has 0 fully saturated rings. The van der Waals surface area contributed by atoms with Crippen LogP contribution in [0.4, 0.5) is 11.4 Å². The molecule has 0 amide bonds. The number of hydrogen-bond donors (Lipinski definition) is 4. The highest BCUT2D eigenvalue weighted by atomic mass is 35.5. The number of nitrogens with zero attached hydrogens (tertiary/aromatic N) is 1. The van der Waals surface area contributed by atoms with Gasteiger partial charge in [0.2, 0.25) is 5.43 Å². The maximum absolute atomic E-state index is 12.5. The van der Waals surface area contributed by atoms with Gasteiger partial charge in [-0.15, -0.1) is 0 Å². The number of carboxylic acids is 2. The van der Waals surface area contributed by atoms with Crippen molar-refractivity contribution in [2.24, 2.45) is 0 Å². The normalized spacial score (nSPS) is 11.2. The van der Waals surface area contributed by atoms with E-state index in [1.807, 2.05) is 12.1 Å². The van der Waals surface area contributed by atoms with Gasteiger partial charge in [-0.2, -0.15) is 0 Å². The van der Waals surface area contributed by atoms with E-state index in [2.05, 4.69) is 10.3 Å². The highest BCUT2D eigenvalue weighted by Crippen LogP contribution is 2.43. The molecule has 2 aliphatic rings. The zero-order valence-corrected chi connectivity index (χ0v) is 21.9. The minimum atomic E-state index is -1.14. The SMILES string of the molecule is Nc1ccc2c(-c3ccccc3C(=O)O)c3cc(Cl)c(=O)cc-3oc2c1CNc1cccc2ccc(C(=O)O)nc12. The molecule has 6 rings (SSSR count). The number of benzene rings is 4. The molecule has 0 spiro atoms. The van der Waals surface area contributed by atoms with E-state index in [0.717, 1.165) is 5.39 Å². The van der Waals surface area contributed by atoms with Crippen LogP contribution in [-0.4, -0.2) is 27.1 Å². The number of carbonyl (C=O) groups is 2. The largest absolute Gasteiger partial charge is 0.478 e. The third-order valence-electron chi connectivity index (χ3n) is 6.90. The van der Waals surface area contributed by atoms with Crippen molar-refractivity contribution in [1.29, 1.82) is 0 Å². The molecule has 0 bridgehead atoms. The Bertz CT molecular complexity index is 2070. The van der Waals surface area contributed by atoms with Gasteiger partial charge < -0.3 is 25.7 Å². The van der Waals surface area contributed by atoms with Gasteiger partial charge in [0.15, 0.2) is 0 Å². The molecule has 3 aromatic carbocycles. The van der Waals surface area contributed by atoms with E-state index in [1.165, 1.54) is 24.3 Å². The average molecular weight is 566 g/mol. The Morgan fingerprint density at radius 2 is 1.73 bits per heavy atom. The van der Waals surface area contributed by atoms with Gasteiger partial charge in [-0.1, -0.05) is 48.0 Å². The lowest BCUT2D eigenvalue weighted by Crippen LogP contribution is -2.08. The Labute approximate surface area is 236 Å². The molecule has 0 radical (unpaired) electrons. The molecule has 1 aromatic heterocycles. The molecule has 4 aromatic rings. The number of nitrogen functional groups attached to an aromatic ring is 1. The Balaban J connectivity index is 1.58. The van der Waals surface area contributed by atoms with Crippen LogP contribution in [-0.2, 0) is 6.54 Å². The van der Waals surface area contributed by atoms with Crippen molar-refractivity contribution in [2.75, 3.05) is 11.1 Å². The second kappa shape index (κ2) is 9.96. The molecule has 1 aliphatic heterocycles. The lowest BCUT2D eigenvalue weighted by Gasteiger charge is -2.20. The van der Waals surface area contributed by atoms with Crippen LogP contribution in [0.1, 0.15) is 26.4 Å². The number of rotatable bonds is 6. The lowest BCUT2D eigenvalue weighted by atomic mass is 9.90. The standard InChI is InChI=1S/C31H20ClN3O6/c32-21-12-19-26(13-25(21)36)41-29-18(27(19)16-5-1-2-6-17(16)30(37)38)9-10-22(33)20(29)14-34-23-7-3-4-15-8-11-24(31(39)40)35-28(15)23/h1-13,34H,14,33H2,(H,37,38)(H,39,40). The second-order valence-electron chi connectivity index (χ2n) is 9.35. The fourth-order valence-corrected chi connectivity index (χ4v) is 5.14. The fraction of sp³-hybridized carbons (Fsp3) is 0.0323. The minimum Gasteiger partial charge on any atom is -0.478 e. The number of pyridine rings is 1. The summed E-state index contributed by atoms with van der Waals surface area (Å²) in [5.41, 5.74) is 9.70. The summed E-state index contributed by atoms with van der Waals surface area (Å²) < 4.78 is 6.26. The number of anilines is 2. The number of hydrogen-bond acceptors (Lipinski definition) is 7. The van der Waals surface area contributed by atoms with Crippen LogP contribution in [0.15, 0.2) is 88.1 Å². The summed E-state index contributed by atoms with van der Waals surface area (Å²) in [6.07, 6.45) is 0. The van der Waals surface area contributed by atoms with Crippen LogP contribution >= 0.6 is 11.6 Å². The first kappa shape index (κ1) is 25.8. The van der Waals surface area contributed by atoms with Crippen molar-refractivity contribution < 1.29 is 24.2 Å². The lowest BCUT2D eigenvalue weighted by molar-refractivity contribution is 0.0683. The van der Waals surface area contributed by atoms with Gasteiger partial charge in [0.25, 0.3) is 0 Å². The van der Waals surface area contributed by atoms with Crippen molar-refractivity contribution in [3.8, 4) is 22.5 Å². The van der Waals surface area contributed by atoms with E-state index in [1.54, 1.807) is 42.5 Å². The van der Waals surface area contributed by atoms with Gasteiger partial charge >= 0.3 is 11.9 Å². The Hall–Kier alpha value is -5.41. The summed E-state index contributed by atoms with van der Waals surface area (Å²) in [4.78, 5) is 40.5. The molecule has 0 atom stereocenters. The predicted octanol–water partition coefficient (Wildman–Crippen LogP) is 6.36. The van der Waals surface area contributed by atoms with E-state index in [9.17, 15) is 24.6 Å². The Morgan fingerprint density at radius 3 is 2.51 bits per heavy atom. The van der Waals surface area contributed by atoms with E-state index < -0.39 is 17.4 Å². The van der Waals surface area contributed by atoms with Gasteiger partial charge in [0, 0.05) is 45.8 Å². The average Bonchev–Trinajstić information content (AvgIpc) is 2.96. The summed E-state index contributed by atoms with van der Waals surface area (Å²) in [5.74, 6) is -2.04. The van der Waals surface area contributed by atoms with Crippen LogP contribution in [0.2, 0.25) is 5.02 Å². The fourth-order valence-electron chi connectivity index (χ4n) is 4.98. The van der Waals surface area contributed by atoms with Crippen LogP contribution in [0, 0.1) is 0 Å². The maximum Gasteiger partial charge on any atom is 0.354 e. The summed E-state index contributed by atoms with van der Waals surface area (Å²) in [6.45, 7) is 0.147. The van der Waals surface area contributed by atoms with Crippen molar-refractivity contribution >= 4 is 56.8 Å². The third kappa shape index (κ3) is 4.48. The summed E-state index contributed by atoms with van der Waals surface area (Å²) in [5, 5.41) is 23.9. The highest BCUT2D eigenvalue weighted by Gasteiger charge is 2.24. The number of aromatic nitrogens is 1. The van der Waals surface area contributed by atoms with E-state index in [-0.39, 0.29) is 28.6 Å². The smallest absolute Gasteiger partial charge is 0.354 e. The summed E-state index contributed by atoms with van der Waals surface area (Å²) >= 11 is 6.21. The molecule has 41 heavy (non-hydrogen) atoms. The van der Waals surface area contributed by atoms with Crippen LogP contribution in [0.5, 0.6) is 0 Å². The first-order valence-corrected chi connectivity index (χ1v) is 12.8. The predicted molar refractivity (Wildman–Crippen MR) is 157 cm³/mol. The Morgan fingerprint density at radius 1 is 0.927 bits per heavy atom. The summed E-state index contributed by atoms with van der Waals surface area (Å²) in [7, 11) is 0. The third-order valence-corrected chi connectivity index (χ3v) is 7.20. The van der Waals surface area contributed by atoms with Crippen molar-refractivity contribution in [3.63, 3.8) is 0 Å². The molecule has 10 heteroatoms. The van der Waals surface area contributed by atoms with Gasteiger partial charge in [-0.25, -0.2) is 14.6 Å². The number of fused-ring (bicyclic) bond motifs is 3. The van der Waals surface area contributed by atoms with E-state index in [4.69, 9.17) is 21.8 Å². The Kier molecular flexibility index (Phi) is 6.28. The first-order valence-electron chi connectivity index (χ1n) is 12.4. The quantitative estimate of drug-likeness (QED) is 0.133. The van der Waals surface area contributed by atoms with Gasteiger partial charge in [-0.3, -0.25) is 4.79 Å². The number of nitrogens with two attached hydrogens (primary N) is 1. The molecule has 0 saturated heterocycles. The van der Waals surface area contributed by atoms with Crippen molar-refractivity contribution in [2.45, 2.75) is 6.54 Å². The summed E-state index contributed by atoms with van der Waals surface area (Å²) in [6, 6.07) is 21.3. The van der Waals surface area contributed by atoms with Crippen LogP contribution < -0.4 is 16.5 Å². The maximum atomic E-state index is 12.5. The number of aromatic carboxylic acids is 2. The number of nitrogens with one attached hydrogen (secondary N) is 1. The van der Waals surface area contributed by atoms with Crippen LogP contribution in [0.25, 0.3) is 44.3 Å². The molecule has 1 aliphatic carbocycles. The molecular weight excluding hydrogens is 546 g/mol. The van der Waals surface area contributed by atoms with Gasteiger partial charge in [0.1, 0.15) is 17.0 Å². The zero-order chi connectivity index (χ0) is 28.8. The van der Waals surface area contributed by atoms with Gasteiger partial charge in [-0.05, 0) is 42.0 Å². The molecule has 9 nitrogen and oxygen atoms in total. The first-order chi connectivity index (χ1) is 19.7. The van der Waals surface area contributed by atoms with E-state index in [0.29, 0.717) is 50.1 Å². The molecule has 202 valence electrons. The van der Waals surface area contributed by atoms with E-state index >= 15 is 0 Å². The van der Waals surface area contributed by atoms with Crippen molar-refractivity contribution in [3.05, 3.63) is 111 Å². The monoisotopic (exact) mass is 565 g/mol. The second-order valence-corrected chi connectivity index (χ2v) is 9.76. The van der Waals surface area contributed by atoms with Gasteiger partial charge in [0.05, 0.1) is 21.8 Å². The molecule has 5 N–H and O–H groups in total. The molecule has 0 unspecified atom stereocenters. The molecule has 2 heterocycles. The highest BCUT2D eigenvalue weighted by molar-refractivity contribution is 6.31. The topological polar surface area (TPSA) is 156 Å². The minimum absolute atomic E-state index is 0.0253. The van der Waals surface area contributed by atoms with Crippen molar-refractivity contribution in [1.82, 2.24) is 4.98 Å². The van der Waals surface area contributed by atoms with Crippen LogP contribution in [0.3, 0.4) is 0 Å².